The Balaban J connectivity index is 2.31. The van der Waals surface area contributed by atoms with Gasteiger partial charge in [-0.3, -0.25) is 9.82 Å². The summed E-state index contributed by atoms with van der Waals surface area (Å²) in [7, 11) is -3.72. The first-order chi connectivity index (χ1) is 9.94. The van der Waals surface area contributed by atoms with Crippen LogP contribution in [0.3, 0.4) is 0 Å². The Morgan fingerprint density at radius 1 is 1.38 bits per heavy atom. The molecule has 0 radical (unpaired) electrons. The van der Waals surface area contributed by atoms with Crippen LogP contribution in [0.5, 0.6) is 0 Å². The summed E-state index contributed by atoms with van der Waals surface area (Å²) in [6.07, 6.45) is 0. The van der Waals surface area contributed by atoms with Crippen molar-refractivity contribution in [1.29, 1.82) is 0 Å². The lowest BCUT2D eigenvalue weighted by Gasteiger charge is -2.09. The molecule has 0 bridgehead atoms. The molecule has 21 heavy (non-hydrogen) atoms. The van der Waals surface area contributed by atoms with Crippen LogP contribution >= 0.6 is 15.9 Å². The molecule has 6 nitrogen and oxygen atoms in total. The number of benzene rings is 1. The molecule has 0 fully saturated rings. The van der Waals surface area contributed by atoms with Gasteiger partial charge >= 0.3 is 0 Å². The molecule has 8 heteroatoms. The normalized spacial score (nSPS) is 11.6. The van der Waals surface area contributed by atoms with E-state index in [4.69, 9.17) is 0 Å². The van der Waals surface area contributed by atoms with Gasteiger partial charge in [0.05, 0.1) is 0 Å². The lowest BCUT2D eigenvalue weighted by atomic mass is 10.2. The van der Waals surface area contributed by atoms with Crippen molar-refractivity contribution in [2.45, 2.75) is 25.4 Å². The van der Waals surface area contributed by atoms with Gasteiger partial charge in [-0.2, -0.15) is 13.5 Å². The van der Waals surface area contributed by atoms with E-state index in [1.165, 1.54) is 0 Å². The number of sulfonamides is 1. The molecular weight excluding hydrogens is 356 g/mol. The quantitative estimate of drug-likeness (QED) is 0.726. The van der Waals surface area contributed by atoms with Crippen molar-refractivity contribution in [3.05, 3.63) is 40.0 Å². The topological polar surface area (TPSA) is 86.9 Å². The third-order valence-electron chi connectivity index (χ3n) is 2.92. The highest BCUT2D eigenvalue weighted by molar-refractivity contribution is 9.10. The summed E-state index contributed by atoms with van der Waals surface area (Å²) in [5.74, 6) is 0. The summed E-state index contributed by atoms with van der Waals surface area (Å²) < 4.78 is 28.3. The predicted octanol–water partition coefficient (Wildman–Crippen LogP) is 2.39. The fourth-order valence-corrected chi connectivity index (χ4v) is 3.51. The first kappa shape index (κ1) is 16.0. The van der Waals surface area contributed by atoms with E-state index in [9.17, 15) is 8.42 Å². The zero-order valence-electron chi connectivity index (χ0n) is 11.8. The van der Waals surface area contributed by atoms with E-state index < -0.39 is 10.0 Å². The minimum Gasteiger partial charge on any atom is -0.313 e. The van der Waals surface area contributed by atoms with Crippen LogP contribution in [-0.4, -0.2) is 25.2 Å². The smallest absolute Gasteiger partial charge is 0.281 e. The lowest BCUT2D eigenvalue weighted by molar-refractivity contribution is 0.594. The van der Waals surface area contributed by atoms with Gasteiger partial charge in [-0.05, 0) is 31.7 Å². The van der Waals surface area contributed by atoms with Crippen LogP contribution in [0.25, 0.3) is 0 Å². The van der Waals surface area contributed by atoms with Gasteiger partial charge in [0.15, 0.2) is 0 Å². The Morgan fingerprint density at radius 2 is 2.14 bits per heavy atom. The lowest BCUT2D eigenvalue weighted by Crippen LogP contribution is -2.19. The average molecular weight is 373 g/mol. The van der Waals surface area contributed by atoms with Gasteiger partial charge in [-0.1, -0.05) is 28.9 Å². The summed E-state index contributed by atoms with van der Waals surface area (Å²) in [5.41, 5.74) is 1.88. The monoisotopic (exact) mass is 372 g/mol. The van der Waals surface area contributed by atoms with Gasteiger partial charge in [0.1, 0.15) is 0 Å². The molecule has 0 saturated heterocycles. The van der Waals surface area contributed by atoms with Crippen LogP contribution in [0.15, 0.2) is 33.8 Å². The number of aromatic amines is 1. The zero-order valence-corrected chi connectivity index (χ0v) is 14.2. The van der Waals surface area contributed by atoms with E-state index in [1.807, 2.05) is 13.0 Å². The highest BCUT2D eigenvalue weighted by Gasteiger charge is 2.23. The van der Waals surface area contributed by atoms with E-state index in [-0.39, 0.29) is 5.03 Å². The second-order valence-corrected chi connectivity index (χ2v) is 7.04. The zero-order chi connectivity index (χ0) is 15.5. The predicted molar refractivity (Wildman–Crippen MR) is 85.7 cm³/mol. The minimum atomic E-state index is -3.72. The van der Waals surface area contributed by atoms with Crippen molar-refractivity contribution in [3.63, 3.8) is 0 Å². The molecule has 0 spiro atoms. The number of rotatable bonds is 6. The number of anilines is 1. The molecule has 0 amide bonds. The average Bonchev–Trinajstić information content (AvgIpc) is 2.78. The Hall–Kier alpha value is -1.38. The third kappa shape index (κ3) is 3.84. The van der Waals surface area contributed by atoms with Crippen LogP contribution in [0.2, 0.25) is 0 Å². The molecule has 0 atom stereocenters. The number of nitrogens with one attached hydrogen (secondary N) is 3. The Kier molecular flexibility index (Phi) is 5.02. The Labute approximate surface area is 132 Å². The van der Waals surface area contributed by atoms with Gasteiger partial charge in [0, 0.05) is 28.0 Å². The first-order valence-corrected chi connectivity index (χ1v) is 8.74. The number of hydrogen-bond donors (Lipinski definition) is 3. The van der Waals surface area contributed by atoms with Crippen LogP contribution in [0.1, 0.15) is 18.2 Å². The molecule has 0 aliphatic carbocycles. The highest BCUT2D eigenvalue weighted by Crippen LogP contribution is 2.22. The summed E-state index contributed by atoms with van der Waals surface area (Å²) in [5, 5.41) is 9.81. The minimum absolute atomic E-state index is 0.0286. The molecule has 0 aliphatic rings. The molecule has 1 aromatic heterocycles. The maximum absolute atomic E-state index is 12.5. The summed E-state index contributed by atoms with van der Waals surface area (Å²) >= 11 is 3.31. The molecule has 1 heterocycles. The van der Waals surface area contributed by atoms with Crippen LogP contribution < -0.4 is 10.0 Å². The standard InChI is InChI=1S/C13H17BrN4O2S/c1-3-15-8-12-9(2)16-17-13(12)21(19,20)18-11-6-4-5-10(14)7-11/h4-7,15,18H,3,8H2,1-2H3,(H,16,17). The van der Waals surface area contributed by atoms with Crippen molar-refractivity contribution in [1.82, 2.24) is 15.5 Å². The number of halogens is 1. The number of aromatic nitrogens is 2. The van der Waals surface area contributed by atoms with Gasteiger partial charge in [0.25, 0.3) is 10.0 Å². The number of hydrogen-bond acceptors (Lipinski definition) is 4. The van der Waals surface area contributed by atoms with E-state index in [0.29, 0.717) is 17.8 Å². The molecule has 2 aromatic rings. The van der Waals surface area contributed by atoms with Crippen molar-refractivity contribution in [3.8, 4) is 0 Å². The number of H-pyrrole nitrogens is 1. The Bertz CT molecular complexity index is 728. The molecule has 3 N–H and O–H groups in total. The van der Waals surface area contributed by atoms with Crippen molar-refractivity contribution in [2.75, 3.05) is 11.3 Å². The van der Waals surface area contributed by atoms with Crippen molar-refractivity contribution < 1.29 is 8.42 Å². The van der Waals surface area contributed by atoms with Crippen molar-refractivity contribution >= 4 is 31.6 Å². The summed E-state index contributed by atoms with van der Waals surface area (Å²) in [6, 6.07) is 6.97. The van der Waals surface area contributed by atoms with Crippen LogP contribution in [0, 0.1) is 6.92 Å². The molecule has 0 unspecified atom stereocenters. The van der Waals surface area contributed by atoms with Gasteiger partial charge in [-0.15, -0.1) is 0 Å². The first-order valence-electron chi connectivity index (χ1n) is 6.47. The number of aryl methyl sites for hydroxylation is 1. The molecule has 114 valence electrons. The molecule has 1 aromatic carbocycles. The highest BCUT2D eigenvalue weighted by atomic mass is 79.9. The molecule has 2 rings (SSSR count). The van der Waals surface area contributed by atoms with Crippen molar-refractivity contribution in [2.24, 2.45) is 0 Å². The van der Waals surface area contributed by atoms with E-state index in [0.717, 1.165) is 16.7 Å². The maximum atomic E-state index is 12.5. The van der Waals surface area contributed by atoms with Gasteiger partial charge in [-0.25, -0.2) is 0 Å². The summed E-state index contributed by atoms with van der Waals surface area (Å²) in [6.45, 7) is 4.97. The third-order valence-corrected chi connectivity index (χ3v) is 4.76. The Morgan fingerprint density at radius 3 is 2.81 bits per heavy atom. The van der Waals surface area contributed by atoms with Gasteiger partial charge < -0.3 is 5.32 Å². The number of nitrogens with zero attached hydrogens (tertiary/aromatic N) is 1. The van der Waals surface area contributed by atoms with E-state index >= 15 is 0 Å². The van der Waals surface area contributed by atoms with Crippen LogP contribution in [0.4, 0.5) is 5.69 Å². The van der Waals surface area contributed by atoms with Gasteiger partial charge in [0.2, 0.25) is 5.03 Å². The summed E-state index contributed by atoms with van der Waals surface area (Å²) in [4.78, 5) is 0. The second-order valence-electron chi connectivity index (χ2n) is 4.53. The largest absolute Gasteiger partial charge is 0.313 e. The van der Waals surface area contributed by atoms with Crippen LogP contribution in [-0.2, 0) is 16.6 Å². The van der Waals surface area contributed by atoms with E-state index in [1.54, 1.807) is 25.1 Å². The fourth-order valence-electron chi connectivity index (χ4n) is 1.87. The fraction of sp³-hybridized carbons (Fsp3) is 0.308. The van der Waals surface area contributed by atoms with E-state index in [2.05, 4.69) is 36.2 Å². The second kappa shape index (κ2) is 6.59. The maximum Gasteiger partial charge on any atom is 0.281 e. The molecule has 0 aliphatic heterocycles. The SMILES string of the molecule is CCNCc1c(S(=O)(=O)Nc2cccc(Br)c2)n[nH]c1C. The molecular formula is C13H17BrN4O2S. The molecule has 0 saturated carbocycles.